The highest BCUT2D eigenvalue weighted by atomic mass is 14.8. The van der Waals surface area contributed by atoms with Crippen LogP contribution in [0, 0.1) is 27.7 Å². The van der Waals surface area contributed by atoms with Gasteiger partial charge >= 0.3 is 0 Å². The predicted octanol–water partition coefficient (Wildman–Crippen LogP) is 5.88. The third-order valence-electron chi connectivity index (χ3n) is 4.89. The first-order valence-electron chi connectivity index (χ1n) is 8.79. The average molecular weight is 320 g/mol. The highest BCUT2D eigenvalue weighted by Gasteiger charge is 2.23. The van der Waals surface area contributed by atoms with Crippen LogP contribution in [0.1, 0.15) is 70.7 Å². The second kappa shape index (κ2) is 6.35. The van der Waals surface area contributed by atoms with Gasteiger partial charge in [-0.3, -0.25) is 0 Å². The van der Waals surface area contributed by atoms with Crippen molar-refractivity contribution < 1.29 is 0 Å². The molecule has 0 bridgehead atoms. The molecular formula is C22H28N2. The lowest BCUT2D eigenvalue weighted by Gasteiger charge is -2.19. The molecule has 0 saturated carbocycles. The van der Waals surface area contributed by atoms with Crippen LogP contribution in [0.3, 0.4) is 0 Å². The van der Waals surface area contributed by atoms with Gasteiger partial charge in [0.2, 0.25) is 0 Å². The van der Waals surface area contributed by atoms with Crippen molar-refractivity contribution >= 4 is 0 Å². The first-order valence-corrected chi connectivity index (χ1v) is 8.79. The lowest BCUT2D eigenvalue weighted by Crippen LogP contribution is -2.08. The maximum Gasteiger partial charge on any atom is 0.0646 e. The maximum absolute atomic E-state index is 3.60. The number of nitrogens with one attached hydrogen (secondary N) is 2. The molecule has 2 nitrogen and oxygen atoms in total. The molecule has 0 fully saturated rings. The third-order valence-corrected chi connectivity index (χ3v) is 4.89. The first kappa shape index (κ1) is 16.6. The van der Waals surface area contributed by atoms with E-state index >= 15 is 0 Å². The van der Waals surface area contributed by atoms with Gasteiger partial charge in [-0.25, -0.2) is 0 Å². The molecular weight excluding hydrogens is 292 g/mol. The lowest BCUT2D eigenvalue weighted by atomic mass is 9.88. The van der Waals surface area contributed by atoms with Gasteiger partial charge in [-0.05, 0) is 68.0 Å². The fourth-order valence-corrected chi connectivity index (χ4v) is 3.65. The smallest absolute Gasteiger partial charge is 0.0646 e. The summed E-state index contributed by atoms with van der Waals surface area (Å²) >= 11 is 0. The summed E-state index contributed by atoms with van der Waals surface area (Å²) in [6.07, 6.45) is 0. The minimum atomic E-state index is 0.216. The monoisotopic (exact) mass is 320 g/mol. The zero-order chi connectivity index (χ0) is 17.4. The van der Waals surface area contributed by atoms with Crippen LogP contribution >= 0.6 is 0 Å². The van der Waals surface area contributed by atoms with E-state index in [2.05, 4.69) is 87.9 Å². The number of benzene rings is 1. The molecule has 2 N–H and O–H groups in total. The standard InChI is InChI=1S/C22H28N2/c1-13(2)18-7-9-19(10-8-18)20(21-14(3)11-16(5)23-21)22-15(4)12-17(6)24-22/h7-13,20,23-24H,1-6H3. The number of H-pyrrole nitrogens is 2. The Balaban J connectivity index is 2.15. The number of hydrogen-bond acceptors (Lipinski definition) is 0. The van der Waals surface area contributed by atoms with Crippen LogP contribution in [0.4, 0.5) is 0 Å². The van der Waals surface area contributed by atoms with Crippen LogP contribution in [0.2, 0.25) is 0 Å². The Morgan fingerprint density at radius 2 is 1.08 bits per heavy atom. The molecule has 0 aliphatic carbocycles. The van der Waals surface area contributed by atoms with Crippen molar-refractivity contribution in [2.24, 2.45) is 0 Å². The molecule has 126 valence electrons. The van der Waals surface area contributed by atoms with Crippen LogP contribution < -0.4 is 0 Å². The molecule has 1 aromatic carbocycles. The summed E-state index contributed by atoms with van der Waals surface area (Å²) in [5.41, 5.74) is 10.4. The number of hydrogen-bond donors (Lipinski definition) is 2. The predicted molar refractivity (Wildman–Crippen MR) is 102 cm³/mol. The fourth-order valence-electron chi connectivity index (χ4n) is 3.65. The van der Waals surface area contributed by atoms with Crippen molar-refractivity contribution in [1.29, 1.82) is 0 Å². The summed E-state index contributed by atoms with van der Waals surface area (Å²) < 4.78 is 0. The summed E-state index contributed by atoms with van der Waals surface area (Å²) in [4.78, 5) is 7.19. The Kier molecular flexibility index (Phi) is 4.40. The maximum atomic E-state index is 3.60. The summed E-state index contributed by atoms with van der Waals surface area (Å²) in [6, 6.07) is 13.6. The molecule has 0 atom stereocenters. The van der Waals surface area contributed by atoms with Crippen molar-refractivity contribution in [3.8, 4) is 0 Å². The van der Waals surface area contributed by atoms with E-state index in [1.165, 1.54) is 45.0 Å². The van der Waals surface area contributed by atoms with Gasteiger partial charge in [-0.2, -0.15) is 0 Å². The van der Waals surface area contributed by atoms with E-state index in [9.17, 15) is 0 Å². The number of aromatic nitrogens is 2. The van der Waals surface area contributed by atoms with Gasteiger partial charge in [0, 0.05) is 22.8 Å². The Hall–Kier alpha value is -2.22. The Morgan fingerprint density at radius 3 is 1.42 bits per heavy atom. The lowest BCUT2D eigenvalue weighted by molar-refractivity contribution is 0.849. The van der Waals surface area contributed by atoms with E-state index in [0.29, 0.717) is 5.92 Å². The van der Waals surface area contributed by atoms with E-state index in [-0.39, 0.29) is 5.92 Å². The Morgan fingerprint density at radius 1 is 0.667 bits per heavy atom. The Labute approximate surface area is 145 Å². The van der Waals surface area contributed by atoms with Crippen LogP contribution in [0.5, 0.6) is 0 Å². The number of aryl methyl sites for hydroxylation is 4. The van der Waals surface area contributed by atoms with Crippen molar-refractivity contribution in [3.63, 3.8) is 0 Å². The largest absolute Gasteiger partial charge is 0.361 e. The molecule has 0 spiro atoms. The average Bonchev–Trinajstić information content (AvgIpc) is 3.02. The fraction of sp³-hybridized carbons (Fsp3) is 0.364. The molecule has 0 aliphatic heterocycles. The molecule has 24 heavy (non-hydrogen) atoms. The number of aromatic amines is 2. The van der Waals surface area contributed by atoms with Crippen LogP contribution in [0.25, 0.3) is 0 Å². The van der Waals surface area contributed by atoms with Gasteiger partial charge in [0.05, 0.1) is 5.92 Å². The zero-order valence-electron chi connectivity index (χ0n) is 15.6. The highest BCUT2D eigenvalue weighted by Crippen LogP contribution is 2.35. The van der Waals surface area contributed by atoms with Gasteiger partial charge in [0.25, 0.3) is 0 Å². The van der Waals surface area contributed by atoms with E-state index in [4.69, 9.17) is 0 Å². The molecule has 3 aromatic rings. The van der Waals surface area contributed by atoms with E-state index in [0.717, 1.165) is 0 Å². The van der Waals surface area contributed by atoms with E-state index in [1.54, 1.807) is 0 Å². The SMILES string of the molecule is Cc1cc(C)c(C(c2ccc(C(C)C)cc2)c2[nH]c(C)cc2C)[nH]1. The van der Waals surface area contributed by atoms with Crippen molar-refractivity contribution in [2.45, 2.75) is 53.4 Å². The molecule has 0 aliphatic rings. The summed E-state index contributed by atoms with van der Waals surface area (Å²) in [5.74, 6) is 0.773. The van der Waals surface area contributed by atoms with Crippen LogP contribution in [-0.2, 0) is 0 Å². The number of rotatable bonds is 4. The minimum Gasteiger partial charge on any atom is -0.361 e. The highest BCUT2D eigenvalue weighted by molar-refractivity contribution is 5.46. The second-order valence-corrected chi connectivity index (χ2v) is 7.35. The summed E-state index contributed by atoms with van der Waals surface area (Å²) in [5, 5.41) is 0. The van der Waals surface area contributed by atoms with Gasteiger partial charge in [0.1, 0.15) is 0 Å². The molecule has 2 heterocycles. The third kappa shape index (κ3) is 3.06. The van der Waals surface area contributed by atoms with Crippen LogP contribution in [0.15, 0.2) is 36.4 Å². The van der Waals surface area contributed by atoms with Gasteiger partial charge in [-0.15, -0.1) is 0 Å². The molecule has 0 saturated heterocycles. The van der Waals surface area contributed by atoms with Crippen molar-refractivity contribution in [1.82, 2.24) is 9.97 Å². The molecule has 0 amide bonds. The van der Waals surface area contributed by atoms with E-state index in [1.807, 2.05) is 0 Å². The van der Waals surface area contributed by atoms with Crippen molar-refractivity contribution in [3.05, 3.63) is 81.4 Å². The van der Waals surface area contributed by atoms with Gasteiger partial charge in [-0.1, -0.05) is 38.1 Å². The summed E-state index contributed by atoms with van der Waals surface area (Å²) in [7, 11) is 0. The van der Waals surface area contributed by atoms with Crippen LogP contribution in [-0.4, -0.2) is 9.97 Å². The topological polar surface area (TPSA) is 31.6 Å². The normalized spacial score (nSPS) is 11.7. The first-order chi connectivity index (χ1) is 11.4. The zero-order valence-corrected chi connectivity index (χ0v) is 15.6. The molecule has 2 heteroatoms. The molecule has 3 rings (SSSR count). The van der Waals surface area contributed by atoms with Gasteiger partial charge < -0.3 is 9.97 Å². The Bertz CT molecular complexity index is 785. The minimum absolute atomic E-state index is 0.216. The second-order valence-electron chi connectivity index (χ2n) is 7.35. The molecule has 2 aromatic heterocycles. The van der Waals surface area contributed by atoms with Gasteiger partial charge in [0.15, 0.2) is 0 Å². The quantitative estimate of drug-likeness (QED) is 0.601. The summed E-state index contributed by atoms with van der Waals surface area (Å²) in [6.45, 7) is 13.1. The molecule has 0 radical (unpaired) electrons. The van der Waals surface area contributed by atoms with E-state index < -0.39 is 0 Å². The van der Waals surface area contributed by atoms with Crippen molar-refractivity contribution in [2.75, 3.05) is 0 Å². The molecule has 0 unspecified atom stereocenters.